The first-order chi connectivity index (χ1) is 11.5. The van der Waals surface area contributed by atoms with Crippen LogP contribution in [0.3, 0.4) is 0 Å². The Morgan fingerprint density at radius 2 is 2.38 bits per heavy atom. The summed E-state index contributed by atoms with van der Waals surface area (Å²) in [4.78, 5) is 39.0. The van der Waals surface area contributed by atoms with E-state index in [2.05, 4.69) is 15.0 Å². The van der Waals surface area contributed by atoms with Gasteiger partial charge < -0.3 is 10.1 Å². The summed E-state index contributed by atoms with van der Waals surface area (Å²) in [5.74, 6) is -0.895. The molecular weight excluding hydrogens is 330 g/mol. The van der Waals surface area contributed by atoms with Gasteiger partial charge >= 0.3 is 5.97 Å². The van der Waals surface area contributed by atoms with Gasteiger partial charge in [-0.05, 0) is 6.92 Å². The maximum atomic E-state index is 12.2. The quantitative estimate of drug-likeness (QED) is 0.728. The average molecular weight is 345 g/mol. The summed E-state index contributed by atoms with van der Waals surface area (Å²) in [6.07, 6.45) is 3.68. The Morgan fingerprint density at radius 1 is 1.54 bits per heavy atom. The van der Waals surface area contributed by atoms with E-state index in [1.54, 1.807) is 12.5 Å². The average Bonchev–Trinajstić information content (AvgIpc) is 3.11. The van der Waals surface area contributed by atoms with Crippen LogP contribution in [0.25, 0.3) is 4.96 Å². The fourth-order valence-corrected chi connectivity index (χ4v) is 3.89. The highest BCUT2D eigenvalue weighted by molar-refractivity contribution is 7.16. The van der Waals surface area contributed by atoms with Crippen LogP contribution in [-0.4, -0.2) is 41.4 Å². The summed E-state index contributed by atoms with van der Waals surface area (Å²) in [7, 11) is 0. The first-order valence-electron chi connectivity index (χ1n) is 7.48. The van der Waals surface area contributed by atoms with Gasteiger partial charge in [0.25, 0.3) is 5.56 Å². The number of carbonyl (C=O) groups is 1. The fourth-order valence-electron chi connectivity index (χ4n) is 3.04. The molecule has 3 aromatic heterocycles. The summed E-state index contributed by atoms with van der Waals surface area (Å²) < 4.78 is 1.52. The molecular formula is C15H15N5O3S. The highest BCUT2D eigenvalue weighted by Crippen LogP contribution is 2.23. The number of hydrogen-bond donors (Lipinski definition) is 2. The van der Waals surface area contributed by atoms with Crippen LogP contribution >= 0.6 is 11.3 Å². The lowest BCUT2D eigenvalue weighted by atomic mass is 10.0. The van der Waals surface area contributed by atoms with Crippen molar-refractivity contribution in [1.29, 1.82) is 0 Å². The van der Waals surface area contributed by atoms with Crippen molar-refractivity contribution in [3.8, 4) is 0 Å². The highest BCUT2D eigenvalue weighted by atomic mass is 32.1. The van der Waals surface area contributed by atoms with E-state index < -0.39 is 12.0 Å². The molecule has 3 aromatic rings. The van der Waals surface area contributed by atoms with Gasteiger partial charge in [-0.15, -0.1) is 11.3 Å². The maximum absolute atomic E-state index is 12.2. The lowest BCUT2D eigenvalue weighted by Gasteiger charge is -2.31. The van der Waals surface area contributed by atoms with Gasteiger partial charge in [0.15, 0.2) is 4.96 Å². The zero-order valence-electron chi connectivity index (χ0n) is 12.9. The third-order valence-corrected chi connectivity index (χ3v) is 5.08. The molecule has 0 fully saturated rings. The van der Waals surface area contributed by atoms with Crippen molar-refractivity contribution in [3.05, 3.63) is 50.9 Å². The molecule has 1 aliphatic heterocycles. The number of fused-ring (bicyclic) bond motifs is 2. The van der Waals surface area contributed by atoms with Crippen molar-refractivity contribution in [1.82, 2.24) is 24.3 Å². The Hall–Kier alpha value is -2.52. The first kappa shape index (κ1) is 15.0. The van der Waals surface area contributed by atoms with Gasteiger partial charge in [-0.3, -0.25) is 18.9 Å². The molecule has 0 saturated heterocycles. The number of aromatic amines is 1. The van der Waals surface area contributed by atoms with E-state index in [0.717, 1.165) is 16.3 Å². The number of H-pyrrole nitrogens is 1. The van der Waals surface area contributed by atoms with Gasteiger partial charge in [0.2, 0.25) is 0 Å². The van der Waals surface area contributed by atoms with Crippen LogP contribution in [-0.2, 0) is 24.3 Å². The number of rotatable bonds is 3. The molecule has 4 rings (SSSR count). The number of aromatic nitrogens is 4. The van der Waals surface area contributed by atoms with E-state index >= 15 is 0 Å². The van der Waals surface area contributed by atoms with E-state index in [-0.39, 0.29) is 5.56 Å². The third-order valence-electron chi connectivity index (χ3n) is 4.18. The third kappa shape index (κ3) is 2.51. The fraction of sp³-hybridized carbons (Fsp3) is 0.333. The summed E-state index contributed by atoms with van der Waals surface area (Å²) >= 11 is 1.44. The minimum absolute atomic E-state index is 0.148. The molecule has 1 aliphatic rings. The second-order valence-corrected chi connectivity index (χ2v) is 7.08. The van der Waals surface area contributed by atoms with Crippen molar-refractivity contribution in [2.75, 3.05) is 0 Å². The normalized spacial score (nSPS) is 18.0. The molecule has 4 heterocycles. The van der Waals surface area contributed by atoms with Crippen molar-refractivity contribution >= 4 is 22.3 Å². The Morgan fingerprint density at radius 3 is 3.17 bits per heavy atom. The first-order valence-corrected chi connectivity index (χ1v) is 8.29. The zero-order chi connectivity index (χ0) is 16.8. The molecule has 0 radical (unpaired) electrons. The number of carboxylic acids is 1. The van der Waals surface area contributed by atoms with E-state index in [1.165, 1.54) is 21.8 Å². The Kier molecular flexibility index (Phi) is 3.47. The monoisotopic (exact) mass is 345 g/mol. The van der Waals surface area contributed by atoms with Crippen LogP contribution in [0.15, 0.2) is 23.4 Å². The van der Waals surface area contributed by atoms with E-state index in [1.807, 2.05) is 11.8 Å². The molecule has 0 amide bonds. The summed E-state index contributed by atoms with van der Waals surface area (Å²) in [6.45, 7) is 2.66. The molecule has 0 spiro atoms. The van der Waals surface area contributed by atoms with Crippen molar-refractivity contribution < 1.29 is 9.90 Å². The highest BCUT2D eigenvalue weighted by Gasteiger charge is 2.33. The van der Waals surface area contributed by atoms with E-state index in [4.69, 9.17) is 0 Å². The van der Waals surface area contributed by atoms with Crippen molar-refractivity contribution in [2.45, 2.75) is 32.5 Å². The van der Waals surface area contributed by atoms with Gasteiger partial charge in [0, 0.05) is 36.7 Å². The number of thiazole rings is 1. The molecule has 9 heteroatoms. The van der Waals surface area contributed by atoms with Crippen LogP contribution in [0.4, 0.5) is 0 Å². The van der Waals surface area contributed by atoms with Crippen molar-refractivity contribution in [3.63, 3.8) is 0 Å². The number of carboxylic acid groups (broad SMARTS) is 1. The molecule has 124 valence electrons. The Balaban J connectivity index is 1.68. The molecule has 0 unspecified atom stereocenters. The Bertz CT molecular complexity index is 989. The standard InChI is InChI=1S/C15H15N5O3S/c1-8-4-20-13(21)2-9(18-15(20)24-8)5-19-6-11-10(16-7-17-11)3-12(19)14(22)23/h2,4,7,12H,3,5-6H2,1H3,(H,16,17)(H,22,23)/t12-/m0/s1. The molecule has 0 aromatic carbocycles. The number of imidazole rings is 1. The topological polar surface area (TPSA) is 104 Å². The van der Waals surface area contributed by atoms with Gasteiger partial charge in [0.05, 0.1) is 23.4 Å². The maximum Gasteiger partial charge on any atom is 0.321 e. The van der Waals surface area contributed by atoms with E-state index in [0.29, 0.717) is 30.2 Å². The molecule has 0 aliphatic carbocycles. The lowest BCUT2D eigenvalue weighted by molar-refractivity contribution is -0.144. The van der Waals surface area contributed by atoms with Crippen LogP contribution in [0.2, 0.25) is 0 Å². The SMILES string of the molecule is Cc1cn2c(=O)cc(CN3Cc4[nH]cnc4C[C@H]3C(=O)O)nc2s1. The van der Waals surface area contributed by atoms with Gasteiger partial charge in [-0.2, -0.15) is 0 Å². The van der Waals surface area contributed by atoms with Crippen molar-refractivity contribution in [2.24, 2.45) is 0 Å². The summed E-state index contributed by atoms with van der Waals surface area (Å²) in [5, 5.41) is 9.52. The minimum atomic E-state index is -0.895. The predicted molar refractivity (Wildman–Crippen MR) is 87.0 cm³/mol. The predicted octanol–water partition coefficient (Wildman–Crippen LogP) is 0.799. The number of aryl methyl sites for hydroxylation is 1. The molecule has 24 heavy (non-hydrogen) atoms. The van der Waals surface area contributed by atoms with Gasteiger partial charge in [-0.25, -0.2) is 9.97 Å². The second-order valence-electron chi connectivity index (χ2n) is 5.87. The number of nitrogens with one attached hydrogen (secondary N) is 1. The van der Waals surface area contributed by atoms with Crippen LogP contribution in [0, 0.1) is 6.92 Å². The van der Waals surface area contributed by atoms with Crippen LogP contribution < -0.4 is 5.56 Å². The zero-order valence-corrected chi connectivity index (χ0v) is 13.7. The number of nitrogens with zero attached hydrogens (tertiary/aromatic N) is 4. The molecule has 0 bridgehead atoms. The summed E-state index contributed by atoms with van der Waals surface area (Å²) in [6, 6.07) is 0.798. The molecule has 8 nitrogen and oxygen atoms in total. The van der Waals surface area contributed by atoms with E-state index in [9.17, 15) is 14.7 Å². The lowest BCUT2D eigenvalue weighted by Crippen LogP contribution is -2.45. The molecule has 2 N–H and O–H groups in total. The number of aliphatic carboxylic acids is 1. The molecule has 0 saturated carbocycles. The molecule has 1 atom stereocenters. The van der Waals surface area contributed by atoms with Gasteiger partial charge in [0.1, 0.15) is 6.04 Å². The second kappa shape index (κ2) is 5.53. The minimum Gasteiger partial charge on any atom is -0.480 e. The Labute approximate surface area is 140 Å². The summed E-state index contributed by atoms with van der Waals surface area (Å²) in [5.41, 5.74) is 2.13. The van der Waals surface area contributed by atoms with Crippen LogP contribution in [0.1, 0.15) is 22.0 Å². The number of hydrogen-bond acceptors (Lipinski definition) is 6. The van der Waals surface area contributed by atoms with Gasteiger partial charge in [-0.1, -0.05) is 0 Å². The largest absolute Gasteiger partial charge is 0.480 e. The van der Waals surface area contributed by atoms with Crippen LogP contribution in [0.5, 0.6) is 0 Å². The smallest absolute Gasteiger partial charge is 0.321 e.